The van der Waals surface area contributed by atoms with Gasteiger partial charge in [0.1, 0.15) is 0 Å². The number of carbonyl (C=O) groups excluding carboxylic acids is 1. The molecular weight excluding hydrogens is 431 g/mol. The third-order valence-corrected chi connectivity index (χ3v) is 6.92. The molecule has 3 rings (SSSR count). The van der Waals surface area contributed by atoms with Gasteiger partial charge in [0.2, 0.25) is 15.9 Å². The van der Waals surface area contributed by atoms with E-state index in [0.29, 0.717) is 12.1 Å². The van der Waals surface area contributed by atoms with Crippen molar-refractivity contribution in [3.05, 3.63) is 65.7 Å². The van der Waals surface area contributed by atoms with Crippen LogP contribution in [0.5, 0.6) is 0 Å². The molecule has 1 fully saturated rings. The van der Waals surface area contributed by atoms with Gasteiger partial charge in [0.15, 0.2) is 5.41 Å². The Bertz CT molecular complexity index is 1030. The second kappa shape index (κ2) is 8.97. The van der Waals surface area contributed by atoms with Crippen molar-refractivity contribution in [2.45, 2.75) is 30.6 Å². The quantitative estimate of drug-likeness (QED) is 0.673. The molecule has 2 aromatic rings. The van der Waals surface area contributed by atoms with Gasteiger partial charge in [-0.1, -0.05) is 42.5 Å². The van der Waals surface area contributed by atoms with Crippen molar-refractivity contribution in [2.24, 2.45) is 5.41 Å². The lowest BCUT2D eigenvalue weighted by Gasteiger charge is -2.30. The van der Waals surface area contributed by atoms with Gasteiger partial charge in [-0.05, 0) is 43.3 Å². The summed E-state index contributed by atoms with van der Waals surface area (Å²) in [6.45, 7) is -0.151. The summed E-state index contributed by atoms with van der Waals surface area (Å²) in [5.41, 5.74) is -1.24. The van der Waals surface area contributed by atoms with E-state index in [9.17, 15) is 26.4 Å². The highest BCUT2D eigenvalue weighted by atomic mass is 32.2. The van der Waals surface area contributed by atoms with Gasteiger partial charge >= 0.3 is 6.18 Å². The number of benzene rings is 2. The van der Waals surface area contributed by atoms with Gasteiger partial charge in [-0.15, -0.1) is 0 Å². The highest BCUT2D eigenvalue weighted by Gasteiger charge is 2.62. The van der Waals surface area contributed by atoms with E-state index in [4.69, 9.17) is 0 Å². The summed E-state index contributed by atoms with van der Waals surface area (Å²) in [7, 11) is -2.43. The molecule has 168 valence electrons. The molecule has 0 radical (unpaired) electrons. The Morgan fingerprint density at radius 1 is 1.10 bits per heavy atom. The second-order valence-electron chi connectivity index (χ2n) is 7.56. The minimum atomic E-state index is -4.71. The van der Waals surface area contributed by atoms with Crippen molar-refractivity contribution >= 4 is 15.9 Å². The number of alkyl halides is 3. The lowest BCUT2D eigenvalue weighted by atomic mass is 9.85. The zero-order chi connectivity index (χ0) is 22.7. The predicted octanol–water partition coefficient (Wildman–Crippen LogP) is 2.67. The number of carbonyl (C=O) groups is 1. The first-order valence-electron chi connectivity index (χ1n) is 9.71. The van der Waals surface area contributed by atoms with Crippen molar-refractivity contribution in [1.82, 2.24) is 14.9 Å². The van der Waals surface area contributed by atoms with E-state index in [0.717, 1.165) is 5.56 Å². The molecule has 1 saturated heterocycles. The molecule has 10 heteroatoms. The average Bonchev–Trinajstić information content (AvgIpc) is 3.18. The fourth-order valence-corrected chi connectivity index (χ4v) is 4.50. The maximum atomic E-state index is 14.0. The lowest BCUT2D eigenvalue weighted by Crippen LogP contribution is -2.52. The first-order valence-corrected chi connectivity index (χ1v) is 11.2. The van der Waals surface area contributed by atoms with Gasteiger partial charge in [-0.3, -0.25) is 9.69 Å². The molecule has 0 saturated carbocycles. The maximum absolute atomic E-state index is 14.0. The van der Waals surface area contributed by atoms with Crippen LogP contribution in [0, 0.1) is 5.41 Å². The summed E-state index contributed by atoms with van der Waals surface area (Å²) in [6, 6.07) is 14.8. The van der Waals surface area contributed by atoms with Gasteiger partial charge in [-0.25, -0.2) is 13.1 Å². The molecule has 1 atom stereocenters. The van der Waals surface area contributed by atoms with Gasteiger partial charge in [0, 0.05) is 19.6 Å². The van der Waals surface area contributed by atoms with Crippen LogP contribution >= 0.6 is 0 Å². The first kappa shape index (κ1) is 23.2. The molecule has 2 aromatic carbocycles. The normalized spacial score (nSPS) is 20.0. The molecule has 6 nitrogen and oxygen atoms in total. The summed E-state index contributed by atoms with van der Waals surface area (Å²) >= 11 is 0. The average molecular weight is 456 g/mol. The number of sulfonamides is 1. The highest BCUT2D eigenvalue weighted by Crippen LogP contribution is 2.46. The molecule has 1 amide bonds. The van der Waals surface area contributed by atoms with E-state index < -0.39 is 34.1 Å². The number of rotatable bonds is 7. The van der Waals surface area contributed by atoms with Crippen LogP contribution in [0.3, 0.4) is 0 Å². The molecule has 0 bridgehead atoms. The van der Waals surface area contributed by atoms with Crippen LogP contribution in [0.1, 0.15) is 17.5 Å². The first-order chi connectivity index (χ1) is 14.6. The van der Waals surface area contributed by atoms with Crippen LogP contribution in [-0.4, -0.2) is 45.5 Å². The third kappa shape index (κ3) is 5.08. The predicted molar refractivity (Wildman–Crippen MR) is 109 cm³/mol. The van der Waals surface area contributed by atoms with Crippen LogP contribution in [0.15, 0.2) is 59.5 Å². The Labute approximate surface area is 179 Å². The summed E-state index contributed by atoms with van der Waals surface area (Å²) < 4.78 is 68.0. The minimum Gasteiger partial charge on any atom is -0.351 e. The fourth-order valence-electron chi connectivity index (χ4n) is 3.70. The number of nitrogens with zero attached hydrogens (tertiary/aromatic N) is 1. The Kier molecular flexibility index (Phi) is 6.73. The highest BCUT2D eigenvalue weighted by molar-refractivity contribution is 7.89. The van der Waals surface area contributed by atoms with E-state index in [1.165, 1.54) is 25.2 Å². The summed E-state index contributed by atoms with van der Waals surface area (Å²) in [6.07, 6.45) is -5.04. The Hall–Kier alpha value is -2.43. The number of hydrogen-bond donors (Lipinski definition) is 2. The van der Waals surface area contributed by atoms with E-state index in [-0.39, 0.29) is 24.4 Å². The molecule has 1 aliphatic heterocycles. The molecule has 0 spiro atoms. The van der Waals surface area contributed by atoms with Crippen LogP contribution in [0.2, 0.25) is 0 Å². The summed E-state index contributed by atoms with van der Waals surface area (Å²) in [4.78, 5) is 14.3. The number of likely N-dealkylation sites (tertiary alicyclic amines) is 1. The summed E-state index contributed by atoms with van der Waals surface area (Å²) in [5, 5.41) is 2.37. The van der Waals surface area contributed by atoms with Crippen molar-refractivity contribution in [2.75, 3.05) is 20.1 Å². The van der Waals surface area contributed by atoms with Gasteiger partial charge in [-0.2, -0.15) is 13.2 Å². The Balaban J connectivity index is 1.72. The zero-order valence-electron chi connectivity index (χ0n) is 16.9. The van der Waals surface area contributed by atoms with Crippen LogP contribution in [-0.2, 0) is 27.9 Å². The van der Waals surface area contributed by atoms with E-state index in [1.807, 2.05) is 30.3 Å². The summed E-state index contributed by atoms with van der Waals surface area (Å²) in [5.74, 6) is -1.10. The molecule has 1 heterocycles. The topological polar surface area (TPSA) is 78.5 Å². The fraction of sp³-hybridized carbons (Fsp3) is 0.381. The number of amides is 1. The third-order valence-electron chi connectivity index (χ3n) is 5.51. The lowest BCUT2D eigenvalue weighted by molar-refractivity contribution is -0.218. The second-order valence-corrected chi connectivity index (χ2v) is 9.45. The minimum absolute atomic E-state index is 0.0258. The molecular formula is C21H24F3N3O3S. The zero-order valence-corrected chi connectivity index (χ0v) is 17.8. The van der Waals surface area contributed by atoms with E-state index in [1.54, 1.807) is 11.0 Å². The van der Waals surface area contributed by atoms with Crippen molar-refractivity contribution < 1.29 is 26.4 Å². The van der Waals surface area contributed by atoms with Gasteiger partial charge in [0.05, 0.1) is 4.90 Å². The smallest absolute Gasteiger partial charge is 0.351 e. The molecule has 0 aliphatic carbocycles. The standard InChI is InChI=1S/C21H24F3N3O3S/c1-25-31(29,30)18-9-5-8-17(12-18)13-26-19(28)20(21(22,23)24)10-11-27(15-20)14-16-6-3-2-4-7-16/h2-9,12,25H,10-11,13-15H2,1H3,(H,26,28). The van der Waals surface area contributed by atoms with Gasteiger partial charge < -0.3 is 5.32 Å². The Morgan fingerprint density at radius 2 is 1.77 bits per heavy atom. The van der Waals surface area contributed by atoms with Crippen LogP contribution in [0.25, 0.3) is 0 Å². The monoisotopic (exact) mass is 455 g/mol. The number of halogens is 3. The molecule has 31 heavy (non-hydrogen) atoms. The van der Waals surface area contributed by atoms with Gasteiger partial charge in [0.25, 0.3) is 0 Å². The van der Waals surface area contributed by atoms with Crippen molar-refractivity contribution in [1.29, 1.82) is 0 Å². The number of nitrogens with one attached hydrogen (secondary N) is 2. The molecule has 0 aromatic heterocycles. The number of hydrogen-bond acceptors (Lipinski definition) is 4. The maximum Gasteiger partial charge on any atom is 0.404 e. The largest absolute Gasteiger partial charge is 0.404 e. The van der Waals surface area contributed by atoms with E-state index >= 15 is 0 Å². The van der Waals surface area contributed by atoms with Crippen molar-refractivity contribution in [3.8, 4) is 0 Å². The molecule has 1 aliphatic rings. The molecule has 1 unspecified atom stereocenters. The molecule has 2 N–H and O–H groups in total. The van der Waals surface area contributed by atoms with Crippen LogP contribution < -0.4 is 10.0 Å². The van der Waals surface area contributed by atoms with E-state index in [2.05, 4.69) is 10.0 Å². The Morgan fingerprint density at radius 3 is 2.42 bits per heavy atom. The van der Waals surface area contributed by atoms with Crippen molar-refractivity contribution in [3.63, 3.8) is 0 Å². The SMILES string of the molecule is CNS(=O)(=O)c1cccc(CNC(=O)C2(C(F)(F)F)CCN(Cc3ccccc3)C2)c1. The van der Waals surface area contributed by atoms with Crippen LogP contribution in [0.4, 0.5) is 13.2 Å².